The molecule has 0 aliphatic heterocycles. The van der Waals surface area contributed by atoms with E-state index in [0.29, 0.717) is 0 Å². The average molecular weight is 423 g/mol. The van der Waals surface area contributed by atoms with Gasteiger partial charge in [-0.15, -0.1) is 0 Å². The fourth-order valence-electron chi connectivity index (χ4n) is 1.75. The minimum Gasteiger partial charge on any atom is -0.384 e. The Balaban J connectivity index is 2.18. The van der Waals surface area contributed by atoms with Crippen LogP contribution in [0.3, 0.4) is 0 Å². The molecule has 0 radical (unpaired) electrons. The molecule has 134 valence electrons. The van der Waals surface area contributed by atoms with E-state index in [0.717, 1.165) is 12.1 Å². The van der Waals surface area contributed by atoms with Crippen molar-refractivity contribution in [2.24, 2.45) is 10.9 Å². The van der Waals surface area contributed by atoms with Gasteiger partial charge >= 0.3 is 10.1 Å². The number of halogens is 2. The van der Waals surface area contributed by atoms with Crippen molar-refractivity contribution in [1.82, 2.24) is 0 Å². The minimum absolute atomic E-state index is 0.0256. The highest BCUT2D eigenvalue weighted by Gasteiger charge is 2.20. The lowest BCUT2D eigenvalue weighted by atomic mass is 10.4. The summed E-state index contributed by atoms with van der Waals surface area (Å²) in [7, 11) is -8.13. The summed E-state index contributed by atoms with van der Waals surface area (Å²) in [6, 6.07) is 11.1. The first kappa shape index (κ1) is 19.5. The van der Waals surface area contributed by atoms with Crippen molar-refractivity contribution in [3.05, 3.63) is 58.6 Å². The Morgan fingerprint density at radius 1 is 0.960 bits per heavy atom. The molecule has 0 aliphatic carbocycles. The molecule has 2 aromatic carbocycles. The van der Waals surface area contributed by atoms with Gasteiger partial charge in [-0.1, -0.05) is 46.6 Å². The predicted octanol–water partition coefficient (Wildman–Crippen LogP) is 2.44. The van der Waals surface area contributed by atoms with Crippen LogP contribution in [0.1, 0.15) is 0 Å². The van der Waals surface area contributed by atoms with Gasteiger partial charge in [-0.05, 0) is 30.3 Å². The number of sulfone groups is 1. The molecule has 0 heterocycles. The Morgan fingerprint density at radius 3 is 2.08 bits per heavy atom. The number of hydrogen-bond donors (Lipinski definition) is 1. The van der Waals surface area contributed by atoms with Crippen molar-refractivity contribution in [2.45, 2.75) is 9.79 Å². The molecule has 25 heavy (non-hydrogen) atoms. The molecule has 0 bridgehead atoms. The van der Waals surface area contributed by atoms with Crippen LogP contribution in [0, 0.1) is 0 Å². The van der Waals surface area contributed by atoms with Crippen LogP contribution < -0.4 is 5.73 Å². The molecule has 0 atom stereocenters. The van der Waals surface area contributed by atoms with Gasteiger partial charge in [0.15, 0.2) is 15.7 Å². The number of nitrogens with two attached hydrogens (primary N) is 1. The number of amidine groups is 1. The smallest absolute Gasteiger partial charge is 0.358 e. The zero-order valence-corrected chi connectivity index (χ0v) is 15.6. The molecule has 0 aliphatic rings. The van der Waals surface area contributed by atoms with Crippen LogP contribution in [0.2, 0.25) is 10.0 Å². The van der Waals surface area contributed by atoms with Crippen molar-refractivity contribution in [3.63, 3.8) is 0 Å². The second kappa shape index (κ2) is 7.61. The van der Waals surface area contributed by atoms with Crippen LogP contribution in [-0.4, -0.2) is 28.4 Å². The molecular weight excluding hydrogens is 411 g/mol. The lowest BCUT2D eigenvalue weighted by Gasteiger charge is -2.05. The van der Waals surface area contributed by atoms with Gasteiger partial charge in [0, 0.05) is 10.0 Å². The highest BCUT2D eigenvalue weighted by Crippen LogP contribution is 2.23. The summed E-state index contributed by atoms with van der Waals surface area (Å²) in [5, 5.41) is 3.35. The minimum atomic E-state index is -4.35. The Bertz CT molecular complexity index is 987. The van der Waals surface area contributed by atoms with Crippen LogP contribution in [-0.2, 0) is 24.2 Å². The van der Waals surface area contributed by atoms with Crippen molar-refractivity contribution >= 4 is 49.0 Å². The average Bonchev–Trinajstić information content (AvgIpc) is 2.53. The molecule has 2 rings (SSSR count). The van der Waals surface area contributed by atoms with E-state index in [4.69, 9.17) is 28.9 Å². The normalized spacial score (nSPS) is 12.8. The summed E-state index contributed by atoms with van der Waals surface area (Å²) in [6.45, 7) is 0. The first-order valence-corrected chi connectivity index (χ1v) is 10.4. The molecule has 7 nitrogen and oxygen atoms in total. The molecule has 0 aromatic heterocycles. The molecule has 2 N–H and O–H groups in total. The Morgan fingerprint density at radius 2 is 1.52 bits per heavy atom. The summed E-state index contributed by atoms with van der Waals surface area (Å²) in [5.74, 6) is -1.23. The van der Waals surface area contributed by atoms with Crippen molar-refractivity contribution in [1.29, 1.82) is 0 Å². The Labute approximate surface area is 155 Å². The third-order valence-corrected chi connectivity index (χ3v) is 6.00. The van der Waals surface area contributed by atoms with E-state index in [2.05, 4.69) is 9.44 Å². The van der Waals surface area contributed by atoms with E-state index < -0.39 is 31.5 Å². The highest BCUT2D eigenvalue weighted by molar-refractivity contribution is 7.92. The summed E-state index contributed by atoms with van der Waals surface area (Å²) in [4.78, 5) is -0.315. The van der Waals surface area contributed by atoms with Crippen LogP contribution in [0.15, 0.2) is 63.5 Å². The Hall–Kier alpha value is -1.81. The second-order valence-electron chi connectivity index (χ2n) is 4.79. The SMILES string of the molecule is N/C(CS(=O)(=O)c1ccccc1)=N/OS(=O)(=O)c1cc(Cl)cc(Cl)c1. The van der Waals surface area contributed by atoms with E-state index in [9.17, 15) is 16.8 Å². The summed E-state index contributed by atoms with van der Waals surface area (Å²) >= 11 is 11.5. The van der Waals surface area contributed by atoms with Crippen LogP contribution in [0.25, 0.3) is 0 Å². The van der Waals surface area contributed by atoms with Crippen molar-refractivity contribution in [3.8, 4) is 0 Å². The fourth-order valence-corrected chi connectivity index (χ4v) is 4.40. The molecule has 0 unspecified atom stereocenters. The molecule has 0 saturated carbocycles. The van der Waals surface area contributed by atoms with Crippen LogP contribution in [0.4, 0.5) is 0 Å². The zero-order valence-electron chi connectivity index (χ0n) is 12.5. The zero-order chi connectivity index (χ0) is 18.7. The van der Waals surface area contributed by atoms with E-state index in [1.807, 2.05) is 0 Å². The van der Waals surface area contributed by atoms with E-state index in [1.54, 1.807) is 18.2 Å². The van der Waals surface area contributed by atoms with Crippen LogP contribution in [0.5, 0.6) is 0 Å². The largest absolute Gasteiger partial charge is 0.384 e. The van der Waals surface area contributed by atoms with Gasteiger partial charge < -0.3 is 5.73 Å². The summed E-state index contributed by atoms with van der Waals surface area (Å²) in [6.07, 6.45) is 0. The monoisotopic (exact) mass is 422 g/mol. The standard InChI is InChI=1S/C14H12Cl2N2O5S2/c15-10-6-11(16)8-13(7-10)25(21,22)23-18-14(17)9-24(19,20)12-4-2-1-3-5-12/h1-8H,9H2,(H2,17,18). The molecule has 2 aromatic rings. The fraction of sp³-hybridized carbons (Fsp3) is 0.0714. The first-order valence-electron chi connectivity index (χ1n) is 6.60. The highest BCUT2D eigenvalue weighted by atomic mass is 35.5. The predicted molar refractivity (Wildman–Crippen MR) is 94.9 cm³/mol. The molecule has 0 amide bonds. The molecule has 0 fully saturated rings. The maximum absolute atomic E-state index is 12.1. The lowest BCUT2D eigenvalue weighted by Crippen LogP contribution is -2.24. The van der Waals surface area contributed by atoms with Crippen LogP contribution >= 0.6 is 23.2 Å². The number of oxime groups is 1. The van der Waals surface area contributed by atoms with Gasteiger partial charge in [-0.3, -0.25) is 4.28 Å². The number of nitrogens with zero attached hydrogens (tertiary/aromatic N) is 1. The van der Waals surface area contributed by atoms with Gasteiger partial charge in [0.25, 0.3) is 0 Å². The van der Waals surface area contributed by atoms with Crippen molar-refractivity contribution in [2.75, 3.05) is 5.75 Å². The molecule has 0 saturated heterocycles. The Kier molecular flexibility index (Phi) is 5.94. The van der Waals surface area contributed by atoms with Gasteiger partial charge in [0.1, 0.15) is 10.6 Å². The number of rotatable bonds is 6. The molecule has 0 spiro atoms. The van der Waals surface area contributed by atoms with E-state index >= 15 is 0 Å². The van der Waals surface area contributed by atoms with E-state index in [1.165, 1.54) is 18.2 Å². The first-order chi connectivity index (χ1) is 11.6. The summed E-state index contributed by atoms with van der Waals surface area (Å²) in [5.41, 5.74) is 5.47. The van der Waals surface area contributed by atoms with Gasteiger partial charge in [0.2, 0.25) is 0 Å². The number of benzene rings is 2. The lowest BCUT2D eigenvalue weighted by molar-refractivity contribution is 0.338. The quantitative estimate of drug-likeness (QED) is 0.434. The topological polar surface area (TPSA) is 116 Å². The summed E-state index contributed by atoms with van der Waals surface area (Å²) < 4.78 is 52.7. The maximum Gasteiger partial charge on any atom is 0.358 e. The molecule has 11 heteroatoms. The second-order valence-corrected chi connectivity index (χ2v) is 9.18. The van der Waals surface area contributed by atoms with Gasteiger partial charge in [-0.2, -0.15) is 8.42 Å². The van der Waals surface area contributed by atoms with Gasteiger partial charge in [0.05, 0.1) is 4.90 Å². The van der Waals surface area contributed by atoms with E-state index in [-0.39, 0.29) is 19.8 Å². The maximum atomic E-state index is 12.1. The third kappa shape index (κ3) is 5.33. The third-order valence-electron chi connectivity index (χ3n) is 2.82. The number of hydrogen-bond acceptors (Lipinski definition) is 6. The molecular formula is C14H12Cl2N2O5S2. The van der Waals surface area contributed by atoms with Gasteiger partial charge in [-0.25, -0.2) is 8.42 Å². The van der Waals surface area contributed by atoms with Crippen molar-refractivity contribution < 1.29 is 21.1 Å².